The summed E-state index contributed by atoms with van der Waals surface area (Å²) in [6, 6.07) is 9.63. The number of aromatic nitrogens is 2. The van der Waals surface area contributed by atoms with E-state index in [4.69, 9.17) is 4.74 Å². The molecule has 0 saturated carbocycles. The minimum Gasteiger partial charge on any atom is -0.508 e. The first-order valence-corrected chi connectivity index (χ1v) is 11.9. The van der Waals surface area contributed by atoms with E-state index in [-0.39, 0.29) is 28.8 Å². The van der Waals surface area contributed by atoms with E-state index in [1.54, 1.807) is 48.8 Å². The lowest BCUT2D eigenvalue weighted by atomic mass is 10.1. The Morgan fingerprint density at radius 2 is 1.68 bits per heavy atom. The molecule has 1 unspecified atom stereocenters. The number of halogens is 2. The molecule has 0 aliphatic rings. The van der Waals surface area contributed by atoms with Crippen molar-refractivity contribution in [1.29, 1.82) is 0 Å². The van der Waals surface area contributed by atoms with E-state index < -0.39 is 11.6 Å². The Hall–Kier alpha value is -3.12. The summed E-state index contributed by atoms with van der Waals surface area (Å²) in [6.07, 6.45) is 12.9. The van der Waals surface area contributed by atoms with Gasteiger partial charge in [0, 0.05) is 30.1 Å². The fourth-order valence-electron chi connectivity index (χ4n) is 3.59. The molecule has 0 saturated heterocycles. The van der Waals surface area contributed by atoms with Gasteiger partial charge in [-0.3, -0.25) is 0 Å². The fraction of sp³-hybridized carbons (Fsp3) is 0.357. The molecule has 0 radical (unpaired) electrons. The molecule has 2 aromatic carbocycles. The van der Waals surface area contributed by atoms with Crippen LogP contribution in [0.4, 0.5) is 8.78 Å². The monoisotopic (exact) mass is 466 g/mol. The number of hydrogen-bond donors (Lipinski definition) is 1. The van der Waals surface area contributed by atoms with Gasteiger partial charge in [-0.25, -0.2) is 18.7 Å². The Bertz CT molecular complexity index is 1070. The number of aromatic hydroxyl groups is 1. The van der Waals surface area contributed by atoms with Crippen LogP contribution in [0, 0.1) is 11.6 Å². The smallest absolute Gasteiger partial charge is 0.170 e. The Morgan fingerprint density at radius 1 is 0.941 bits per heavy atom. The van der Waals surface area contributed by atoms with Crippen LogP contribution < -0.4 is 0 Å². The van der Waals surface area contributed by atoms with Crippen molar-refractivity contribution in [3.63, 3.8) is 0 Å². The molecular formula is C28H32F2N2O2. The molecule has 3 aromatic rings. The van der Waals surface area contributed by atoms with E-state index in [1.807, 2.05) is 6.08 Å². The fourth-order valence-corrected chi connectivity index (χ4v) is 3.59. The van der Waals surface area contributed by atoms with E-state index in [2.05, 4.69) is 23.8 Å². The van der Waals surface area contributed by atoms with Crippen molar-refractivity contribution in [2.24, 2.45) is 0 Å². The third-order valence-corrected chi connectivity index (χ3v) is 5.63. The standard InChI is InChI=1S/C28H32F2N2O2/c1-3-4-8-17-34-20(2)9-6-5-7-10-22-13-16-25(27(30)26(22)29)28-31-18-23(19-32-28)21-11-14-24(33)15-12-21/h7,10-16,18-20,33H,3-6,8-9,17H2,1-2H3/b10-7+. The van der Waals surface area contributed by atoms with Crippen molar-refractivity contribution in [3.05, 3.63) is 72.1 Å². The molecule has 0 amide bonds. The van der Waals surface area contributed by atoms with Crippen molar-refractivity contribution < 1.29 is 18.6 Å². The molecule has 1 atom stereocenters. The van der Waals surface area contributed by atoms with Gasteiger partial charge in [-0.15, -0.1) is 0 Å². The number of allylic oxidation sites excluding steroid dienone is 1. The number of phenolic OH excluding ortho intramolecular Hbond substituents is 1. The van der Waals surface area contributed by atoms with Crippen LogP contribution in [0.15, 0.2) is 54.9 Å². The van der Waals surface area contributed by atoms with Crippen LogP contribution in [0.25, 0.3) is 28.6 Å². The van der Waals surface area contributed by atoms with E-state index in [0.717, 1.165) is 37.9 Å². The highest BCUT2D eigenvalue weighted by Gasteiger charge is 2.15. The third-order valence-electron chi connectivity index (χ3n) is 5.63. The number of nitrogens with zero attached hydrogens (tertiary/aromatic N) is 2. The second-order valence-corrected chi connectivity index (χ2v) is 8.39. The molecule has 180 valence electrons. The van der Waals surface area contributed by atoms with Gasteiger partial charge in [0.1, 0.15) is 5.75 Å². The van der Waals surface area contributed by atoms with Crippen LogP contribution in [0.5, 0.6) is 5.75 Å². The highest BCUT2D eigenvalue weighted by molar-refractivity contribution is 5.65. The number of ether oxygens (including phenoxy) is 1. The SMILES string of the molecule is CCCCCOC(C)CCC/C=C/c1ccc(-c2ncc(-c3ccc(O)cc3)cn2)c(F)c1F. The molecule has 0 aliphatic carbocycles. The minimum atomic E-state index is -0.964. The molecule has 0 aliphatic heterocycles. The van der Waals surface area contributed by atoms with Crippen LogP contribution in [0.3, 0.4) is 0 Å². The number of phenols is 1. The molecule has 1 N–H and O–H groups in total. The zero-order chi connectivity index (χ0) is 24.3. The van der Waals surface area contributed by atoms with Crippen LogP contribution >= 0.6 is 0 Å². The molecule has 6 heteroatoms. The van der Waals surface area contributed by atoms with E-state index in [9.17, 15) is 13.9 Å². The first-order valence-electron chi connectivity index (χ1n) is 11.9. The Balaban J connectivity index is 1.56. The van der Waals surface area contributed by atoms with Gasteiger partial charge in [0.25, 0.3) is 0 Å². The molecular weight excluding hydrogens is 434 g/mol. The van der Waals surface area contributed by atoms with Crippen molar-refractivity contribution in [1.82, 2.24) is 9.97 Å². The summed E-state index contributed by atoms with van der Waals surface area (Å²) in [5.41, 5.74) is 1.74. The summed E-state index contributed by atoms with van der Waals surface area (Å²) in [5, 5.41) is 9.40. The Morgan fingerprint density at radius 3 is 2.38 bits per heavy atom. The zero-order valence-corrected chi connectivity index (χ0v) is 19.8. The maximum Gasteiger partial charge on any atom is 0.170 e. The molecule has 0 fully saturated rings. The quantitative estimate of drug-likeness (QED) is 0.280. The highest BCUT2D eigenvalue weighted by Crippen LogP contribution is 2.26. The zero-order valence-electron chi connectivity index (χ0n) is 19.8. The highest BCUT2D eigenvalue weighted by atomic mass is 19.2. The molecule has 1 aromatic heterocycles. The molecule has 0 bridgehead atoms. The molecule has 34 heavy (non-hydrogen) atoms. The van der Waals surface area contributed by atoms with Crippen molar-refractivity contribution in [3.8, 4) is 28.3 Å². The average molecular weight is 467 g/mol. The first-order chi connectivity index (χ1) is 16.5. The van der Waals surface area contributed by atoms with E-state index in [1.165, 1.54) is 18.9 Å². The summed E-state index contributed by atoms with van der Waals surface area (Å²) in [4.78, 5) is 8.41. The Kier molecular flexibility index (Phi) is 9.71. The van der Waals surface area contributed by atoms with Gasteiger partial charge in [0.15, 0.2) is 17.5 Å². The van der Waals surface area contributed by atoms with Crippen molar-refractivity contribution in [2.45, 2.75) is 58.5 Å². The lowest BCUT2D eigenvalue weighted by Crippen LogP contribution is -2.08. The Labute approximate surface area is 200 Å². The van der Waals surface area contributed by atoms with Gasteiger partial charge in [-0.2, -0.15) is 0 Å². The predicted molar refractivity (Wildman–Crippen MR) is 132 cm³/mol. The maximum atomic E-state index is 14.7. The van der Waals surface area contributed by atoms with Crippen LogP contribution in [0.1, 0.15) is 57.9 Å². The van der Waals surface area contributed by atoms with Crippen LogP contribution in [0.2, 0.25) is 0 Å². The topological polar surface area (TPSA) is 55.2 Å². The number of hydrogen-bond acceptors (Lipinski definition) is 4. The van der Waals surface area contributed by atoms with Gasteiger partial charge in [-0.1, -0.05) is 50.1 Å². The molecule has 0 spiro atoms. The lowest BCUT2D eigenvalue weighted by molar-refractivity contribution is 0.0566. The van der Waals surface area contributed by atoms with Gasteiger partial charge in [0.2, 0.25) is 0 Å². The number of benzene rings is 2. The summed E-state index contributed by atoms with van der Waals surface area (Å²) in [5.74, 6) is -1.60. The van der Waals surface area contributed by atoms with Gasteiger partial charge >= 0.3 is 0 Å². The maximum absolute atomic E-state index is 14.7. The lowest BCUT2D eigenvalue weighted by Gasteiger charge is -2.12. The van der Waals surface area contributed by atoms with Gasteiger partial charge < -0.3 is 9.84 Å². The molecule has 4 nitrogen and oxygen atoms in total. The average Bonchev–Trinajstić information content (AvgIpc) is 2.85. The summed E-state index contributed by atoms with van der Waals surface area (Å²) in [6.45, 7) is 5.04. The number of rotatable bonds is 12. The van der Waals surface area contributed by atoms with Crippen LogP contribution in [-0.4, -0.2) is 27.8 Å². The normalized spacial score (nSPS) is 12.4. The summed E-state index contributed by atoms with van der Waals surface area (Å²) >= 11 is 0. The third kappa shape index (κ3) is 7.19. The van der Waals surface area contributed by atoms with E-state index in [0.29, 0.717) is 5.56 Å². The largest absolute Gasteiger partial charge is 0.508 e. The van der Waals surface area contributed by atoms with Gasteiger partial charge in [-0.05, 0) is 56.4 Å². The minimum absolute atomic E-state index is 0.0148. The molecule has 3 rings (SSSR count). The second-order valence-electron chi connectivity index (χ2n) is 8.39. The van der Waals surface area contributed by atoms with Crippen molar-refractivity contribution >= 4 is 6.08 Å². The predicted octanol–water partition coefficient (Wildman–Crippen LogP) is 7.57. The summed E-state index contributed by atoms with van der Waals surface area (Å²) in [7, 11) is 0. The number of unbranched alkanes of at least 4 members (excludes halogenated alkanes) is 3. The van der Waals surface area contributed by atoms with Crippen LogP contribution in [-0.2, 0) is 4.74 Å². The molecule has 1 heterocycles. The second kappa shape index (κ2) is 12.9. The van der Waals surface area contributed by atoms with E-state index >= 15 is 0 Å². The van der Waals surface area contributed by atoms with Gasteiger partial charge in [0.05, 0.1) is 11.7 Å². The summed E-state index contributed by atoms with van der Waals surface area (Å²) < 4.78 is 35.2. The van der Waals surface area contributed by atoms with Crippen molar-refractivity contribution in [2.75, 3.05) is 6.61 Å². The first kappa shape index (κ1) is 25.5.